The molecule has 0 fully saturated rings. The van der Waals surface area contributed by atoms with Crippen molar-refractivity contribution in [1.29, 1.82) is 0 Å². The van der Waals surface area contributed by atoms with Gasteiger partial charge in [0.15, 0.2) is 0 Å². The second-order valence-corrected chi connectivity index (χ2v) is 4.95. The normalized spacial score (nSPS) is 19.8. The lowest BCUT2D eigenvalue weighted by atomic mass is 10.1. The summed E-state index contributed by atoms with van der Waals surface area (Å²) in [4.78, 5) is 4.46. The van der Waals surface area contributed by atoms with Gasteiger partial charge < -0.3 is 4.74 Å². The van der Waals surface area contributed by atoms with E-state index in [0.717, 1.165) is 0 Å². The topological polar surface area (TPSA) is 21.6 Å². The maximum atomic E-state index is 13.3. The lowest BCUT2D eigenvalue weighted by Crippen LogP contribution is -2.13. The first kappa shape index (κ1) is 11.6. The lowest BCUT2D eigenvalue weighted by molar-refractivity contribution is 0.291. The van der Waals surface area contributed by atoms with Gasteiger partial charge in [0.2, 0.25) is 5.90 Å². The predicted octanol–water partition coefficient (Wildman–Crippen LogP) is 3.39. The summed E-state index contributed by atoms with van der Waals surface area (Å²) in [7, 11) is 0. The first-order valence-electron chi connectivity index (χ1n) is 5.24. The van der Waals surface area contributed by atoms with Crippen LogP contribution in [0.4, 0.5) is 4.39 Å². The van der Waals surface area contributed by atoms with Gasteiger partial charge in [-0.3, -0.25) is 0 Å². The van der Waals surface area contributed by atoms with E-state index in [1.165, 1.54) is 6.07 Å². The molecule has 1 atom stereocenters. The van der Waals surface area contributed by atoms with Crippen molar-refractivity contribution in [3.8, 4) is 0 Å². The van der Waals surface area contributed by atoms with Gasteiger partial charge in [-0.2, -0.15) is 0 Å². The number of ether oxygens (including phenoxy) is 1. The van der Waals surface area contributed by atoms with Crippen molar-refractivity contribution in [1.82, 2.24) is 0 Å². The van der Waals surface area contributed by atoms with Crippen LogP contribution in [0, 0.1) is 11.7 Å². The predicted molar refractivity (Wildman–Crippen MR) is 65.2 cm³/mol. The van der Waals surface area contributed by atoms with Crippen molar-refractivity contribution in [3.63, 3.8) is 0 Å². The van der Waals surface area contributed by atoms with Crippen molar-refractivity contribution in [3.05, 3.63) is 34.1 Å². The summed E-state index contributed by atoms with van der Waals surface area (Å²) in [5.74, 6) is 0.673. The summed E-state index contributed by atoms with van der Waals surface area (Å²) in [6.45, 7) is 4.78. The molecular formula is C12H13BrFNO. The van der Waals surface area contributed by atoms with Gasteiger partial charge in [0, 0.05) is 0 Å². The highest BCUT2D eigenvalue weighted by molar-refractivity contribution is 9.10. The van der Waals surface area contributed by atoms with E-state index in [2.05, 4.69) is 34.8 Å². The molecule has 0 amide bonds. The highest BCUT2D eigenvalue weighted by Gasteiger charge is 2.24. The Kier molecular flexibility index (Phi) is 3.28. The number of aliphatic imine (C=N–C) groups is 1. The molecule has 0 saturated heterocycles. The molecule has 86 valence electrons. The van der Waals surface area contributed by atoms with Crippen LogP contribution in [-0.4, -0.2) is 18.5 Å². The van der Waals surface area contributed by atoms with Crippen molar-refractivity contribution >= 4 is 21.8 Å². The van der Waals surface area contributed by atoms with Crippen LogP contribution in [0.5, 0.6) is 0 Å². The lowest BCUT2D eigenvalue weighted by Gasteiger charge is -2.06. The summed E-state index contributed by atoms with van der Waals surface area (Å²) in [5.41, 5.74) is 0.683. The van der Waals surface area contributed by atoms with Crippen LogP contribution in [-0.2, 0) is 4.74 Å². The number of hydrogen-bond acceptors (Lipinski definition) is 2. The Hall–Kier alpha value is -0.900. The van der Waals surface area contributed by atoms with Crippen LogP contribution in [0.3, 0.4) is 0 Å². The van der Waals surface area contributed by atoms with Gasteiger partial charge in [-0.1, -0.05) is 19.9 Å². The Morgan fingerprint density at radius 3 is 2.88 bits per heavy atom. The fraction of sp³-hybridized carbons (Fsp3) is 0.417. The highest BCUT2D eigenvalue weighted by atomic mass is 79.9. The van der Waals surface area contributed by atoms with E-state index >= 15 is 0 Å². The van der Waals surface area contributed by atoms with Crippen molar-refractivity contribution < 1.29 is 9.13 Å². The number of benzene rings is 1. The van der Waals surface area contributed by atoms with Crippen LogP contribution >= 0.6 is 15.9 Å². The largest absolute Gasteiger partial charge is 0.475 e. The molecule has 0 radical (unpaired) electrons. The molecule has 0 aromatic heterocycles. The van der Waals surface area contributed by atoms with E-state index in [9.17, 15) is 4.39 Å². The summed E-state index contributed by atoms with van der Waals surface area (Å²) in [5, 5.41) is 0. The molecule has 0 N–H and O–H groups in total. The van der Waals surface area contributed by atoms with E-state index in [1.807, 2.05) is 0 Å². The van der Waals surface area contributed by atoms with Crippen molar-refractivity contribution in [2.45, 2.75) is 19.9 Å². The van der Waals surface area contributed by atoms with Gasteiger partial charge in [0.05, 0.1) is 16.1 Å². The molecule has 0 saturated carbocycles. The maximum Gasteiger partial charge on any atom is 0.217 e. The standard InChI is InChI=1S/C12H13BrFNO/c1-7(2)10-6-16-12(15-10)8-4-3-5-9(14)11(8)13/h3-5,7,10H,6H2,1-2H3/t10-/m0/s1. The Bertz CT molecular complexity index is 431. The average Bonchev–Trinajstić information content (AvgIpc) is 2.71. The molecule has 0 aliphatic carbocycles. The monoisotopic (exact) mass is 285 g/mol. The van der Waals surface area contributed by atoms with Crippen LogP contribution in [0.25, 0.3) is 0 Å². The van der Waals surface area contributed by atoms with Crippen LogP contribution in [0.15, 0.2) is 27.7 Å². The first-order valence-corrected chi connectivity index (χ1v) is 6.04. The molecule has 4 heteroatoms. The number of hydrogen-bond donors (Lipinski definition) is 0. The average molecular weight is 286 g/mol. The van der Waals surface area contributed by atoms with E-state index in [0.29, 0.717) is 28.5 Å². The van der Waals surface area contributed by atoms with Gasteiger partial charge in [-0.15, -0.1) is 0 Å². The molecule has 0 unspecified atom stereocenters. The van der Waals surface area contributed by atoms with Crippen molar-refractivity contribution in [2.75, 3.05) is 6.61 Å². The highest BCUT2D eigenvalue weighted by Crippen LogP contribution is 2.25. The van der Waals surface area contributed by atoms with Gasteiger partial charge in [-0.05, 0) is 34.0 Å². The summed E-state index contributed by atoms with van der Waals surface area (Å²) in [6, 6.07) is 5.03. The molecule has 2 nitrogen and oxygen atoms in total. The van der Waals surface area contributed by atoms with Crippen molar-refractivity contribution in [2.24, 2.45) is 10.9 Å². The Morgan fingerprint density at radius 2 is 2.25 bits per heavy atom. The van der Waals surface area contributed by atoms with E-state index in [4.69, 9.17) is 4.74 Å². The zero-order chi connectivity index (χ0) is 11.7. The smallest absolute Gasteiger partial charge is 0.217 e. The van der Waals surface area contributed by atoms with Crippen LogP contribution < -0.4 is 0 Å². The van der Waals surface area contributed by atoms with E-state index in [1.54, 1.807) is 12.1 Å². The van der Waals surface area contributed by atoms with Crippen LogP contribution in [0.1, 0.15) is 19.4 Å². The number of rotatable bonds is 2. The fourth-order valence-corrected chi connectivity index (χ4v) is 1.98. The Labute approximate surface area is 103 Å². The molecule has 1 aromatic carbocycles. The molecule has 1 aliphatic heterocycles. The molecule has 1 aromatic rings. The zero-order valence-electron chi connectivity index (χ0n) is 9.21. The number of halogens is 2. The van der Waals surface area contributed by atoms with Gasteiger partial charge in [0.1, 0.15) is 12.4 Å². The summed E-state index contributed by atoms with van der Waals surface area (Å²) < 4.78 is 19.2. The molecule has 1 heterocycles. The third-order valence-corrected chi connectivity index (χ3v) is 3.43. The summed E-state index contributed by atoms with van der Waals surface area (Å²) >= 11 is 3.21. The second kappa shape index (κ2) is 4.53. The maximum absolute atomic E-state index is 13.3. The first-order chi connectivity index (χ1) is 7.59. The third-order valence-electron chi connectivity index (χ3n) is 2.63. The molecule has 0 spiro atoms. The quantitative estimate of drug-likeness (QED) is 0.816. The minimum Gasteiger partial charge on any atom is -0.475 e. The third kappa shape index (κ3) is 2.12. The van der Waals surface area contributed by atoms with E-state index < -0.39 is 0 Å². The molecule has 16 heavy (non-hydrogen) atoms. The molecule has 1 aliphatic rings. The molecule has 2 rings (SSSR count). The van der Waals surface area contributed by atoms with Gasteiger partial charge in [-0.25, -0.2) is 9.38 Å². The molecular weight excluding hydrogens is 273 g/mol. The molecule has 0 bridgehead atoms. The second-order valence-electron chi connectivity index (χ2n) is 4.16. The minimum absolute atomic E-state index is 0.171. The zero-order valence-corrected chi connectivity index (χ0v) is 10.8. The SMILES string of the molecule is CC(C)[C@@H]1COC(c2cccc(F)c2Br)=N1. The van der Waals surface area contributed by atoms with E-state index in [-0.39, 0.29) is 11.9 Å². The Morgan fingerprint density at radius 1 is 1.50 bits per heavy atom. The minimum atomic E-state index is -0.295. The number of nitrogens with zero attached hydrogens (tertiary/aromatic N) is 1. The summed E-state index contributed by atoms with van der Waals surface area (Å²) in [6.07, 6.45) is 0. The van der Waals surface area contributed by atoms with Crippen LogP contribution in [0.2, 0.25) is 0 Å². The Balaban J connectivity index is 2.32. The fourth-order valence-electron chi connectivity index (χ4n) is 1.55. The van der Waals surface area contributed by atoms with Gasteiger partial charge in [0.25, 0.3) is 0 Å². The van der Waals surface area contributed by atoms with Gasteiger partial charge >= 0.3 is 0 Å².